The Morgan fingerprint density at radius 3 is 2.52 bits per heavy atom. The normalized spacial score (nSPS) is 27.6. The second-order valence-electron chi connectivity index (χ2n) is 7.65. The van der Waals surface area contributed by atoms with Crippen molar-refractivity contribution in [3.63, 3.8) is 0 Å². The molecule has 0 spiro atoms. The van der Waals surface area contributed by atoms with Gasteiger partial charge in [-0.3, -0.25) is 0 Å². The van der Waals surface area contributed by atoms with Crippen LogP contribution >= 0.6 is 22.6 Å². The standard InChI is InChI=1S/C18H36INO/c1-13(2)9-15(4)18(19)20-12-14(3)10-16-7-6-8-17(11-16)21-5/h13-18,20H,6-12H2,1-5H3/t14-,15-,16?,17+,18?/m1/s1. The van der Waals surface area contributed by atoms with Gasteiger partial charge in [-0.05, 0) is 55.9 Å². The van der Waals surface area contributed by atoms with Crippen LogP contribution in [0.3, 0.4) is 0 Å². The first-order chi connectivity index (χ1) is 9.92. The summed E-state index contributed by atoms with van der Waals surface area (Å²) in [5, 5.41) is 3.76. The zero-order chi connectivity index (χ0) is 15.8. The van der Waals surface area contributed by atoms with Crippen LogP contribution in [0, 0.1) is 23.7 Å². The quantitative estimate of drug-likeness (QED) is 0.319. The molecule has 1 aliphatic rings. The van der Waals surface area contributed by atoms with Crippen molar-refractivity contribution >= 4 is 22.6 Å². The molecule has 1 rings (SSSR count). The van der Waals surface area contributed by atoms with Crippen LogP contribution in [0.15, 0.2) is 0 Å². The van der Waals surface area contributed by atoms with Gasteiger partial charge in [-0.2, -0.15) is 0 Å². The van der Waals surface area contributed by atoms with Gasteiger partial charge in [0.25, 0.3) is 0 Å². The van der Waals surface area contributed by atoms with Gasteiger partial charge < -0.3 is 10.1 Å². The Morgan fingerprint density at radius 2 is 1.90 bits per heavy atom. The molecule has 2 unspecified atom stereocenters. The molecule has 0 heterocycles. The average molecular weight is 409 g/mol. The summed E-state index contributed by atoms with van der Waals surface area (Å²) in [7, 11) is 1.87. The number of methoxy groups -OCH3 is 1. The summed E-state index contributed by atoms with van der Waals surface area (Å²) in [4.78, 5) is 0. The number of hydrogen-bond donors (Lipinski definition) is 1. The Balaban J connectivity index is 2.22. The van der Waals surface area contributed by atoms with E-state index in [1.54, 1.807) is 0 Å². The minimum atomic E-state index is 0.521. The third-order valence-corrected chi connectivity index (χ3v) is 6.48. The highest BCUT2D eigenvalue weighted by atomic mass is 127. The summed E-state index contributed by atoms with van der Waals surface area (Å²) < 4.78 is 6.16. The van der Waals surface area contributed by atoms with Crippen LogP contribution in [0.1, 0.15) is 66.2 Å². The fourth-order valence-electron chi connectivity index (χ4n) is 3.70. The lowest BCUT2D eigenvalue weighted by molar-refractivity contribution is 0.0459. The lowest BCUT2D eigenvalue weighted by atomic mass is 9.82. The van der Waals surface area contributed by atoms with E-state index in [-0.39, 0.29) is 0 Å². The van der Waals surface area contributed by atoms with Crippen molar-refractivity contribution in [2.24, 2.45) is 23.7 Å². The molecular weight excluding hydrogens is 373 g/mol. The molecule has 1 saturated carbocycles. The summed E-state index contributed by atoms with van der Waals surface area (Å²) in [6.07, 6.45) is 8.49. The van der Waals surface area contributed by atoms with Gasteiger partial charge in [0.15, 0.2) is 0 Å². The van der Waals surface area contributed by atoms with Crippen molar-refractivity contribution in [1.29, 1.82) is 0 Å². The van der Waals surface area contributed by atoms with Crippen molar-refractivity contribution in [3.8, 4) is 0 Å². The molecule has 0 saturated heterocycles. The highest BCUT2D eigenvalue weighted by molar-refractivity contribution is 14.1. The van der Waals surface area contributed by atoms with Gasteiger partial charge in [0.2, 0.25) is 0 Å². The molecule has 0 radical (unpaired) electrons. The van der Waals surface area contributed by atoms with Crippen LogP contribution in [0.25, 0.3) is 0 Å². The molecule has 1 N–H and O–H groups in total. The fourth-order valence-corrected chi connectivity index (χ4v) is 4.25. The van der Waals surface area contributed by atoms with Crippen LogP contribution in [-0.2, 0) is 4.74 Å². The van der Waals surface area contributed by atoms with Gasteiger partial charge >= 0.3 is 0 Å². The maximum Gasteiger partial charge on any atom is 0.0619 e. The summed E-state index contributed by atoms with van der Waals surface area (Å²) >= 11 is 2.58. The smallest absolute Gasteiger partial charge is 0.0619 e. The van der Waals surface area contributed by atoms with Gasteiger partial charge in [-0.25, -0.2) is 0 Å². The molecule has 21 heavy (non-hydrogen) atoms. The molecule has 0 aromatic carbocycles. The summed E-state index contributed by atoms with van der Waals surface area (Å²) in [5.74, 6) is 3.20. The SMILES string of the molecule is CO[C@H]1CCCC(C[C@@H](C)CNC(I)[C@H](C)CC(C)C)C1. The maximum atomic E-state index is 5.55. The Labute approximate surface area is 146 Å². The van der Waals surface area contributed by atoms with Crippen molar-refractivity contribution in [1.82, 2.24) is 5.32 Å². The van der Waals surface area contributed by atoms with Crippen LogP contribution in [0.2, 0.25) is 0 Å². The van der Waals surface area contributed by atoms with Crippen LogP contribution in [0.4, 0.5) is 0 Å². The lowest BCUT2D eigenvalue weighted by Gasteiger charge is -2.30. The zero-order valence-corrected chi connectivity index (χ0v) is 16.9. The number of halogens is 1. The van der Waals surface area contributed by atoms with Gasteiger partial charge in [-0.15, -0.1) is 0 Å². The molecule has 126 valence electrons. The molecule has 0 bridgehead atoms. The summed E-state index contributed by atoms with van der Waals surface area (Å²) in [6, 6.07) is 0. The molecule has 2 nitrogen and oxygen atoms in total. The number of ether oxygens (including phenoxy) is 1. The third-order valence-electron chi connectivity index (χ3n) is 4.81. The Bertz CT molecular complexity index is 272. The second kappa shape index (κ2) is 10.4. The summed E-state index contributed by atoms with van der Waals surface area (Å²) in [6.45, 7) is 10.6. The number of rotatable bonds is 9. The first kappa shape index (κ1) is 19.7. The first-order valence-electron chi connectivity index (χ1n) is 8.82. The van der Waals surface area contributed by atoms with E-state index in [2.05, 4.69) is 55.6 Å². The minimum Gasteiger partial charge on any atom is -0.381 e. The van der Waals surface area contributed by atoms with E-state index in [9.17, 15) is 0 Å². The highest BCUT2D eigenvalue weighted by Crippen LogP contribution is 2.30. The molecular formula is C18H36INO. The highest BCUT2D eigenvalue weighted by Gasteiger charge is 2.23. The monoisotopic (exact) mass is 409 g/mol. The zero-order valence-electron chi connectivity index (χ0n) is 14.7. The van der Waals surface area contributed by atoms with Crippen LogP contribution in [0.5, 0.6) is 0 Å². The van der Waals surface area contributed by atoms with E-state index in [0.717, 1.165) is 30.2 Å². The van der Waals surface area contributed by atoms with E-state index in [4.69, 9.17) is 4.74 Å². The Morgan fingerprint density at radius 1 is 1.19 bits per heavy atom. The van der Waals surface area contributed by atoms with E-state index in [0.29, 0.717) is 10.2 Å². The molecule has 0 amide bonds. The van der Waals surface area contributed by atoms with E-state index < -0.39 is 0 Å². The van der Waals surface area contributed by atoms with Gasteiger partial charge in [-0.1, -0.05) is 63.1 Å². The minimum absolute atomic E-state index is 0.521. The van der Waals surface area contributed by atoms with Crippen LogP contribution in [-0.4, -0.2) is 23.8 Å². The summed E-state index contributed by atoms with van der Waals surface area (Å²) in [5.41, 5.74) is 0. The Hall–Kier alpha value is 0.650. The molecule has 1 aliphatic carbocycles. The largest absolute Gasteiger partial charge is 0.381 e. The van der Waals surface area contributed by atoms with Gasteiger partial charge in [0.1, 0.15) is 0 Å². The van der Waals surface area contributed by atoms with Crippen molar-refractivity contribution in [3.05, 3.63) is 0 Å². The molecule has 1 fully saturated rings. The number of alkyl halides is 1. The number of nitrogens with one attached hydrogen (secondary N) is 1. The van der Waals surface area contributed by atoms with Crippen molar-refractivity contribution in [2.75, 3.05) is 13.7 Å². The molecule has 5 atom stereocenters. The first-order valence-corrected chi connectivity index (χ1v) is 10.1. The lowest BCUT2D eigenvalue weighted by Crippen LogP contribution is -2.34. The average Bonchev–Trinajstić information content (AvgIpc) is 2.44. The van der Waals surface area contributed by atoms with E-state index >= 15 is 0 Å². The van der Waals surface area contributed by atoms with Gasteiger partial charge in [0, 0.05) is 7.11 Å². The van der Waals surface area contributed by atoms with Crippen LogP contribution < -0.4 is 5.32 Å². The molecule has 0 aliphatic heterocycles. The molecule has 0 aromatic heterocycles. The Kier molecular flexibility index (Phi) is 9.78. The van der Waals surface area contributed by atoms with Crippen molar-refractivity contribution in [2.45, 2.75) is 76.4 Å². The van der Waals surface area contributed by atoms with E-state index in [1.807, 2.05) is 7.11 Å². The molecule has 0 aromatic rings. The predicted octanol–water partition coefficient (Wildman–Crippen LogP) is 5.25. The van der Waals surface area contributed by atoms with E-state index in [1.165, 1.54) is 38.5 Å². The molecule has 3 heteroatoms. The predicted molar refractivity (Wildman–Crippen MR) is 101 cm³/mol. The fraction of sp³-hybridized carbons (Fsp3) is 1.00. The topological polar surface area (TPSA) is 21.3 Å². The number of hydrogen-bond acceptors (Lipinski definition) is 2. The third kappa shape index (κ3) is 8.17. The van der Waals surface area contributed by atoms with Crippen molar-refractivity contribution < 1.29 is 4.74 Å². The second-order valence-corrected chi connectivity index (χ2v) is 8.99. The maximum absolute atomic E-state index is 5.55. The van der Waals surface area contributed by atoms with Gasteiger partial charge in [0.05, 0.1) is 10.2 Å².